The molecule has 124 valence electrons. The first kappa shape index (κ1) is 16.0. The van der Waals surface area contributed by atoms with Crippen molar-refractivity contribution in [1.29, 1.82) is 0 Å². The molecule has 0 amide bonds. The molecule has 1 atom stereocenters. The van der Waals surface area contributed by atoms with E-state index in [-0.39, 0.29) is 11.9 Å². The molecule has 0 bridgehead atoms. The van der Waals surface area contributed by atoms with Crippen molar-refractivity contribution in [3.05, 3.63) is 94.2 Å². The van der Waals surface area contributed by atoms with Crippen molar-refractivity contribution in [2.75, 3.05) is 5.32 Å². The SMILES string of the molecule is Fc1ccc([C@@H]2CC(c3ccc(Br)cc3)=Nc3ccccc3N2)cc1. The molecule has 0 saturated carbocycles. The van der Waals surface area contributed by atoms with Gasteiger partial charge in [0.15, 0.2) is 0 Å². The molecule has 4 heteroatoms. The highest BCUT2D eigenvalue weighted by Crippen LogP contribution is 2.35. The number of para-hydroxylation sites is 2. The van der Waals surface area contributed by atoms with E-state index in [9.17, 15) is 4.39 Å². The molecule has 0 aromatic heterocycles. The Morgan fingerprint density at radius 3 is 2.40 bits per heavy atom. The predicted octanol–water partition coefficient (Wildman–Crippen LogP) is 6.27. The molecule has 2 nitrogen and oxygen atoms in total. The zero-order chi connectivity index (χ0) is 17.2. The highest BCUT2D eigenvalue weighted by Gasteiger charge is 2.21. The van der Waals surface area contributed by atoms with Crippen molar-refractivity contribution in [1.82, 2.24) is 0 Å². The van der Waals surface area contributed by atoms with Gasteiger partial charge in [0.2, 0.25) is 0 Å². The van der Waals surface area contributed by atoms with Crippen molar-refractivity contribution in [3.63, 3.8) is 0 Å². The van der Waals surface area contributed by atoms with Crippen LogP contribution in [0.3, 0.4) is 0 Å². The van der Waals surface area contributed by atoms with Gasteiger partial charge in [0, 0.05) is 10.9 Å². The predicted molar refractivity (Wildman–Crippen MR) is 104 cm³/mol. The van der Waals surface area contributed by atoms with Crippen molar-refractivity contribution in [2.45, 2.75) is 12.5 Å². The van der Waals surface area contributed by atoms with E-state index in [4.69, 9.17) is 4.99 Å². The lowest BCUT2D eigenvalue weighted by molar-refractivity contribution is 0.626. The molecule has 3 aromatic carbocycles. The average Bonchev–Trinajstić information content (AvgIpc) is 2.82. The Kier molecular flexibility index (Phi) is 4.36. The molecule has 0 radical (unpaired) electrons. The molecule has 1 aliphatic rings. The number of hydrogen-bond donors (Lipinski definition) is 1. The van der Waals surface area contributed by atoms with Crippen LogP contribution in [-0.2, 0) is 0 Å². The molecule has 0 spiro atoms. The normalized spacial score (nSPS) is 16.4. The van der Waals surface area contributed by atoms with Crippen LogP contribution in [0.15, 0.2) is 82.3 Å². The molecule has 0 fully saturated rings. The van der Waals surface area contributed by atoms with E-state index < -0.39 is 0 Å². The maximum atomic E-state index is 13.3. The second-order valence-electron chi connectivity index (χ2n) is 6.04. The van der Waals surface area contributed by atoms with Crippen LogP contribution in [0, 0.1) is 5.82 Å². The average molecular weight is 395 g/mol. The number of fused-ring (bicyclic) bond motifs is 1. The number of hydrogen-bond acceptors (Lipinski definition) is 2. The third-order valence-electron chi connectivity index (χ3n) is 4.34. The lowest BCUT2D eigenvalue weighted by Crippen LogP contribution is -2.14. The van der Waals surface area contributed by atoms with E-state index in [1.165, 1.54) is 12.1 Å². The van der Waals surface area contributed by atoms with Gasteiger partial charge in [0.05, 0.1) is 23.1 Å². The minimum Gasteiger partial charge on any atom is -0.376 e. The fraction of sp³-hybridized carbons (Fsp3) is 0.0952. The maximum absolute atomic E-state index is 13.3. The van der Waals surface area contributed by atoms with Gasteiger partial charge in [0.25, 0.3) is 0 Å². The lowest BCUT2D eigenvalue weighted by Gasteiger charge is -2.19. The van der Waals surface area contributed by atoms with Crippen LogP contribution in [0.4, 0.5) is 15.8 Å². The fourth-order valence-corrected chi connectivity index (χ4v) is 3.30. The van der Waals surface area contributed by atoms with Crippen molar-refractivity contribution in [3.8, 4) is 0 Å². The summed E-state index contributed by atoms with van der Waals surface area (Å²) in [5.41, 5.74) is 5.06. The van der Waals surface area contributed by atoms with Crippen LogP contribution in [0.5, 0.6) is 0 Å². The van der Waals surface area contributed by atoms with E-state index in [0.29, 0.717) is 0 Å². The smallest absolute Gasteiger partial charge is 0.123 e. The number of aliphatic imine (C=N–C) groups is 1. The Morgan fingerprint density at radius 2 is 1.64 bits per heavy atom. The van der Waals surface area contributed by atoms with Crippen molar-refractivity contribution >= 4 is 33.0 Å². The number of halogens is 2. The highest BCUT2D eigenvalue weighted by molar-refractivity contribution is 9.10. The fourth-order valence-electron chi connectivity index (χ4n) is 3.04. The van der Waals surface area contributed by atoms with Gasteiger partial charge in [-0.15, -0.1) is 0 Å². The summed E-state index contributed by atoms with van der Waals surface area (Å²) in [4.78, 5) is 4.90. The zero-order valence-corrected chi connectivity index (χ0v) is 15.0. The molecular formula is C21H16BrFN2. The molecule has 4 rings (SSSR count). The second kappa shape index (κ2) is 6.81. The van der Waals surface area contributed by atoms with Gasteiger partial charge in [-0.25, -0.2) is 4.39 Å². The zero-order valence-electron chi connectivity index (χ0n) is 13.4. The summed E-state index contributed by atoms with van der Waals surface area (Å²) in [5, 5.41) is 3.56. The van der Waals surface area contributed by atoms with Gasteiger partial charge in [-0.3, -0.25) is 4.99 Å². The van der Waals surface area contributed by atoms with E-state index in [2.05, 4.69) is 33.4 Å². The molecule has 1 heterocycles. The summed E-state index contributed by atoms with van der Waals surface area (Å²) in [6.45, 7) is 0. The summed E-state index contributed by atoms with van der Waals surface area (Å²) < 4.78 is 14.3. The minimum atomic E-state index is -0.223. The number of benzene rings is 3. The van der Waals surface area contributed by atoms with Crippen molar-refractivity contribution in [2.24, 2.45) is 4.99 Å². The first-order chi connectivity index (χ1) is 12.2. The van der Waals surface area contributed by atoms with Crippen molar-refractivity contribution < 1.29 is 4.39 Å². The van der Waals surface area contributed by atoms with Crippen LogP contribution >= 0.6 is 15.9 Å². The van der Waals surface area contributed by atoms with Crippen LogP contribution < -0.4 is 5.32 Å². The van der Waals surface area contributed by atoms with Crippen LogP contribution in [0.1, 0.15) is 23.6 Å². The van der Waals surface area contributed by atoms with E-state index in [1.807, 2.05) is 48.5 Å². The van der Waals surface area contributed by atoms with E-state index in [1.54, 1.807) is 0 Å². The Labute approximate surface area is 154 Å². The standard InChI is InChI=1S/C21H16BrFN2/c22-16-9-5-14(6-10-16)20-13-21(15-7-11-17(23)12-8-15)25-19-4-2-1-3-18(19)24-20/h1-12,21,25H,13H2/t21-/m0/s1. The molecule has 0 saturated heterocycles. The third kappa shape index (κ3) is 3.49. The summed E-state index contributed by atoms with van der Waals surface area (Å²) >= 11 is 3.48. The van der Waals surface area contributed by atoms with E-state index in [0.717, 1.165) is 39.1 Å². The Hall–Kier alpha value is -2.46. The summed E-state index contributed by atoms with van der Waals surface area (Å²) in [5.74, 6) is -0.223. The molecule has 0 unspecified atom stereocenters. The molecule has 1 N–H and O–H groups in total. The Balaban J connectivity index is 1.78. The Bertz CT molecular complexity index is 917. The number of nitrogens with zero attached hydrogens (tertiary/aromatic N) is 1. The molecular weight excluding hydrogens is 379 g/mol. The van der Waals surface area contributed by atoms with Crippen LogP contribution in [0.2, 0.25) is 0 Å². The number of nitrogens with one attached hydrogen (secondary N) is 1. The van der Waals surface area contributed by atoms with Gasteiger partial charge in [-0.05, 0) is 47.5 Å². The largest absolute Gasteiger partial charge is 0.376 e. The first-order valence-corrected chi connectivity index (χ1v) is 8.93. The maximum Gasteiger partial charge on any atom is 0.123 e. The third-order valence-corrected chi connectivity index (χ3v) is 4.87. The molecule has 25 heavy (non-hydrogen) atoms. The summed E-state index contributed by atoms with van der Waals surface area (Å²) in [6.07, 6.45) is 0.724. The quantitative estimate of drug-likeness (QED) is 0.544. The second-order valence-corrected chi connectivity index (χ2v) is 6.95. The number of anilines is 1. The number of rotatable bonds is 2. The van der Waals surface area contributed by atoms with Gasteiger partial charge in [0.1, 0.15) is 5.82 Å². The van der Waals surface area contributed by atoms with Gasteiger partial charge in [-0.1, -0.05) is 52.3 Å². The summed E-state index contributed by atoms with van der Waals surface area (Å²) in [7, 11) is 0. The highest BCUT2D eigenvalue weighted by atomic mass is 79.9. The van der Waals surface area contributed by atoms with Gasteiger partial charge >= 0.3 is 0 Å². The van der Waals surface area contributed by atoms with Crippen LogP contribution in [-0.4, -0.2) is 5.71 Å². The van der Waals surface area contributed by atoms with E-state index >= 15 is 0 Å². The summed E-state index contributed by atoms with van der Waals surface area (Å²) in [6, 6.07) is 22.9. The topological polar surface area (TPSA) is 24.4 Å². The molecule has 1 aliphatic heterocycles. The molecule has 3 aromatic rings. The van der Waals surface area contributed by atoms with Gasteiger partial charge in [-0.2, -0.15) is 0 Å². The van der Waals surface area contributed by atoms with Crippen LogP contribution in [0.25, 0.3) is 0 Å². The minimum absolute atomic E-state index is 0.0339. The molecule has 0 aliphatic carbocycles. The lowest BCUT2D eigenvalue weighted by atomic mass is 9.97. The monoisotopic (exact) mass is 394 g/mol. The Morgan fingerprint density at radius 1 is 0.920 bits per heavy atom. The first-order valence-electron chi connectivity index (χ1n) is 8.13. The van der Waals surface area contributed by atoms with Gasteiger partial charge < -0.3 is 5.32 Å².